The molecule has 0 spiro atoms. The SMILES string of the molecule is CCOC1CC(NC(COC)C(C)C)C1(C)CC. The fraction of sp³-hybridized carbons (Fsp3) is 1.00. The first-order chi connectivity index (χ1) is 8.49. The molecule has 0 bridgehead atoms. The maximum Gasteiger partial charge on any atom is 0.0658 e. The Balaban J connectivity index is 2.57. The van der Waals surface area contributed by atoms with Crippen molar-refractivity contribution in [3.05, 3.63) is 0 Å². The van der Waals surface area contributed by atoms with Gasteiger partial charge in [-0.3, -0.25) is 0 Å². The van der Waals surface area contributed by atoms with Crippen LogP contribution in [0.15, 0.2) is 0 Å². The lowest BCUT2D eigenvalue weighted by molar-refractivity contribution is -0.130. The van der Waals surface area contributed by atoms with Gasteiger partial charge in [-0.15, -0.1) is 0 Å². The van der Waals surface area contributed by atoms with E-state index in [1.165, 1.54) is 0 Å². The van der Waals surface area contributed by atoms with Crippen LogP contribution in [0, 0.1) is 11.3 Å². The third-order valence-corrected chi connectivity index (χ3v) is 4.68. The average molecular weight is 257 g/mol. The molecule has 1 N–H and O–H groups in total. The van der Waals surface area contributed by atoms with Crippen LogP contribution in [0.25, 0.3) is 0 Å². The summed E-state index contributed by atoms with van der Waals surface area (Å²) < 4.78 is 11.2. The van der Waals surface area contributed by atoms with E-state index in [0.717, 1.165) is 26.1 Å². The van der Waals surface area contributed by atoms with Crippen molar-refractivity contribution in [2.24, 2.45) is 11.3 Å². The van der Waals surface area contributed by atoms with E-state index in [2.05, 4.69) is 39.9 Å². The van der Waals surface area contributed by atoms with Crippen LogP contribution in [0.1, 0.15) is 47.5 Å². The molecule has 0 aromatic rings. The highest BCUT2D eigenvalue weighted by atomic mass is 16.5. The average Bonchev–Trinajstić information content (AvgIpc) is 2.35. The van der Waals surface area contributed by atoms with Crippen molar-refractivity contribution in [1.29, 1.82) is 0 Å². The number of nitrogens with one attached hydrogen (secondary N) is 1. The highest BCUT2D eigenvalue weighted by Crippen LogP contribution is 2.46. The van der Waals surface area contributed by atoms with Crippen LogP contribution in [0.2, 0.25) is 0 Å². The quantitative estimate of drug-likeness (QED) is 0.725. The molecule has 4 atom stereocenters. The van der Waals surface area contributed by atoms with E-state index in [4.69, 9.17) is 9.47 Å². The Morgan fingerprint density at radius 3 is 2.44 bits per heavy atom. The van der Waals surface area contributed by atoms with Gasteiger partial charge in [0.2, 0.25) is 0 Å². The minimum Gasteiger partial charge on any atom is -0.383 e. The van der Waals surface area contributed by atoms with Gasteiger partial charge in [0.05, 0.1) is 12.7 Å². The van der Waals surface area contributed by atoms with Crippen LogP contribution in [-0.2, 0) is 9.47 Å². The van der Waals surface area contributed by atoms with Crippen molar-refractivity contribution in [3.8, 4) is 0 Å². The normalized spacial score (nSPS) is 33.5. The van der Waals surface area contributed by atoms with Crippen LogP contribution >= 0.6 is 0 Å². The Bertz CT molecular complexity index is 245. The first-order valence-corrected chi connectivity index (χ1v) is 7.36. The Morgan fingerprint density at radius 2 is 2.00 bits per heavy atom. The largest absolute Gasteiger partial charge is 0.383 e. The van der Waals surface area contributed by atoms with E-state index in [-0.39, 0.29) is 5.41 Å². The lowest BCUT2D eigenvalue weighted by Gasteiger charge is -2.55. The Hall–Kier alpha value is -0.120. The van der Waals surface area contributed by atoms with Crippen molar-refractivity contribution < 1.29 is 9.47 Å². The highest BCUT2D eigenvalue weighted by Gasteiger charge is 2.51. The molecule has 1 saturated carbocycles. The number of rotatable bonds is 8. The highest BCUT2D eigenvalue weighted by molar-refractivity contribution is 5.05. The summed E-state index contributed by atoms with van der Waals surface area (Å²) in [6.07, 6.45) is 2.71. The van der Waals surface area contributed by atoms with Crippen molar-refractivity contribution >= 4 is 0 Å². The summed E-state index contributed by atoms with van der Waals surface area (Å²) in [6, 6.07) is 0.995. The molecular formula is C15H31NO2. The summed E-state index contributed by atoms with van der Waals surface area (Å²) in [5.41, 5.74) is 0.275. The third kappa shape index (κ3) is 3.25. The fourth-order valence-corrected chi connectivity index (χ4v) is 2.88. The van der Waals surface area contributed by atoms with Gasteiger partial charge in [0.1, 0.15) is 0 Å². The van der Waals surface area contributed by atoms with Gasteiger partial charge in [0, 0.05) is 31.2 Å². The molecule has 0 saturated heterocycles. The summed E-state index contributed by atoms with van der Waals surface area (Å²) in [5, 5.41) is 3.78. The number of hydrogen-bond acceptors (Lipinski definition) is 3. The molecule has 0 aliphatic heterocycles. The standard InChI is InChI=1S/C15H31NO2/c1-7-15(5)13(9-14(15)18-8-2)16-12(10-17-6)11(3)4/h11-14,16H,7-10H2,1-6H3. The second-order valence-corrected chi connectivity index (χ2v) is 6.06. The van der Waals surface area contributed by atoms with E-state index < -0.39 is 0 Å². The molecule has 1 aliphatic carbocycles. The summed E-state index contributed by atoms with van der Waals surface area (Å²) >= 11 is 0. The number of hydrogen-bond donors (Lipinski definition) is 1. The van der Waals surface area contributed by atoms with Crippen molar-refractivity contribution in [1.82, 2.24) is 5.32 Å². The predicted octanol–water partition coefficient (Wildman–Crippen LogP) is 2.84. The lowest BCUT2D eigenvalue weighted by atomic mass is 9.61. The monoisotopic (exact) mass is 257 g/mol. The van der Waals surface area contributed by atoms with Crippen molar-refractivity contribution in [2.75, 3.05) is 20.3 Å². The molecule has 3 heteroatoms. The Morgan fingerprint density at radius 1 is 1.33 bits per heavy atom. The molecule has 0 aromatic carbocycles. The fourth-order valence-electron chi connectivity index (χ4n) is 2.88. The smallest absolute Gasteiger partial charge is 0.0658 e. The Kier molecular flexibility index (Phi) is 6.09. The van der Waals surface area contributed by atoms with E-state index in [9.17, 15) is 0 Å². The molecule has 0 aromatic heterocycles. The Labute approximate surface area is 113 Å². The molecule has 1 aliphatic rings. The van der Waals surface area contributed by atoms with Crippen molar-refractivity contribution in [2.45, 2.75) is 65.6 Å². The minimum absolute atomic E-state index is 0.275. The van der Waals surface area contributed by atoms with E-state index in [1.54, 1.807) is 7.11 Å². The zero-order valence-electron chi connectivity index (χ0n) is 13.0. The van der Waals surface area contributed by atoms with Crippen LogP contribution in [0.3, 0.4) is 0 Å². The summed E-state index contributed by atoms with van der Waals surface area (Å²) in [4.78, 5) is 0. The van der Waals surface area contributed by atoms with E-state index in [0.29, 0.717) is 24.1 Å². The van der Waals surface area contributed by atoms with Crippen molar-refractivity contribution in [3.63, 3.8) is 0 Å². The lowest BCUT2D eigenvalue weighted by Crippen LogP contribution is -2.65. The second-order valence-electron chi connectivity index (χ2n) is 6.06. The molecule has 1 fully saturated rings. The van der Waals surface area contributed by atoms with E-state index >= 15 is 0 Å². The molecule has 4 unspecified atom stereocenters. The topological polar surface area (TPSA) is 30.5 Å². The summed E-state index contributed by atoms with van der Waals surface area (Å²) in [7, 11) is 1.78. The molecule has 1 rings (SSSR count). The second kappa shape index (κ2) is 6.88. The number of methoxy groups -OCH3 is 1. The third-order valence-electron chi connectivity index (χ3n) is 4.68. The zero-order valence-corrected chi connectivity index (χ0v) is 13.0. The van der Waals surface area contributed by atoms with Gasteiger partial charge in [-0.1, -0.05) is 27.7 Å². The first kappa shape index (κ1) is 15.9. The molecule has 3 nitrogen and oxygen atoms in total. The first-order valence-electron chi connectivity index (χ1n) is 7.36. The van der Waals surface area contributed by atoms with Gasteiger partial charge in [-0.2, -0.15) is 0 Å². The van der Waals surface area contributed by atoms with Crippen LogP contribution in [-0.4, -0.2) is 38.5 Å². The number of ether oxygens (including phenoxy) is 2. The minimum atomic E-state index is 0.275. The van der Waals surface area contributed by atoms with E-state index in [1.807, 2.05) is 0 Å². The molecule has 108 valence electrons. The van der Waals surface area contributed by atoms with Gasteiger partial charge in [-0.25, -0.2) is 0 Å². The summed E-state index contributed by atoms with van der Waals surface area (Å²) in [6.45, 7) is 12.8. The molecule has 0 radical (unpaired) electrons. The molecule has 18 heavy (non-hydrogen) atoms. The maximum atomic E-state index is 5.85. The molecular weight excluding hydrogens is 226 g/mol. The van der Waals surface area contributed by atoms with Gasteiger partial charge in [-0.05, 0) is 25.7 Å². The van der Waals surface area contributed by atoms with Crippen LogP contribution in [0.5, 0.6) is 0 Å². The zero-order chi connectivity index (χ0) is 13.8. The van der Waals surface area contributed by atoms with Gasteiger partial charge in [0.15, 0.2) is 0 Å². The molecule has 0 amide bonds. The predicted molar refractivity (Wildman–Crippen MR) is 75.9 cm³/mol. The maximum absolute atomic E-state index is 5.85. The van der Waals surface area contributed by atoms with Gasteiger partial charge in [0.25, 0.3) is 0 Å². The van der Waals surface area contributed by atoms with Crippen LogP contribution < -0.4 is 5.32 Å². The van der Waals surface area contributed by atoms with Crippen LogP contribution in [0.4, 0.5) is 0 Å². The summed E-state index contributed by atoms with van der Waals surface area (Å²) in [5.74, 6) is 0.595. The molecule has 0 heterocycles. The van der Waals surface area contributed by atoms with Gasteiger partial charge < -0.3 is 14.8 Å². The van der Waals surface area contributed by atoms with Gasteiger partial charge >= 0.3 is 0 Å².